The lowest BCUT2D eigenvalue weighted by Gasteiger charge is -2.29. The van der Waals surface area contributed by atoms with Gasteiger partial charge in [-0.2, -0.15) is 0 Å². The van der Waals surface area contributed by atoms with Crippen LogP contribution in [-0.2, 0) is 9.53 Å². The fourth-order valence-corrected chi connectivity index (χ4v) is 3.02. The Morgan fingerprint density at radius 1 is 1.35 bits per heavy atom. The number of carbonyl (C=O) groups is 1. The van der Waals surface area contributed by atoms with Gasteiger partial charge in [-0.1, -0.05) is 6.42 Å². The molecule has 5 heteroatoms. The summed E-state index contributed by atoms with van der Waals surface area (Å²) < 4.78 is 5.27. The molecule has 0 aromatic carbocycles. The first-order chi connectivity index (χ1) is 9.75. The number of hydrogen-bond acceptors (Lipinski definition) is 4. The first-order valence-corrected chi connectivity index (χ1v) is 8.03. The van der Waals surface area contributed by atoms with Crippen LogP contribution in [0.25, 0.3) is 0 Å². The number of morpholine rings is 1. The van der Waals surface area contributed by atoms with Gasteiger partial charge in [0.2, 0.25) is 5.91 Å². The number of nitrogens with zero attached hydrogens (tertiary/aromatic N) is 2. The molecule has 2 saturated heterocycles. The van der Waals surface area contributed by atoms with Gasteiger partial charge >= 0.3 is 0 Å². The molecule has 20 heavy (non-hydrogen) atoms. The van der Waals surface area contributed by atoms with Crippen LogP contribution >= 0.6 is 0 Å². The number of nitrogens with one attached hydrogen (secondary N) is 1. The first-order valence-electron chi connectivity index (χ1n) is 8.03. The smallest absolute Gasteiger partial charge is 0.222 e. The van der Waals surface area contributed by atoms with Gasteiger partial charge in [-0.25, -0.2) is 0 Å². The maximum Gasteiger partial charge on any atom is 0.222 e. The van der Waals surface area contributed by atoms with Crippen LogP contribution in [0.2, 0.25) is 0 Å². The lowest BCUT2D eigenvalue weighted by atomic mass is 10.0. The van der Waals surface area contributed by atoms with Gasteiger partial charge in [-0.05, 0) is 39.4 Å². The summed E-state index contributed by atoms with van der Waals surface area (Å²) in [5, 5.41) is 3.57. The van der Waals surface area contributed by atoms with Gasteiger partial charge in [0.15, 0.2) is 0 Å². The Labute approximate surface area is 122 Å². The van der Waals surface area contributed by atoms with E-state index in [9.17, 15) is 4.79 Å². The highest BCUT2D eigenvalue weighted by atomic mass is 16.5. The highest BCUT2D eigenvalue weighted by Gasteiger charge is 2.17. The van der Waals surface area contributed by atoms with Crippen LogP contribution in [0.1, 0.15) is 32.1 Å². The summed E-state index contributed by atoms with van der Waals surface area (Å²) in [5.74, 6) is 0.289. The van der Waals surface area contributed by atoms with Gasteiger partial charge in [0.05, 0.1) is 13.2 Å². The van der Waals surface area contributed by atoms with E-state index in [0.29, 0.717) is 25.7 Å². The molecule has 0 aliphatic carbocycles. The molecule has 5 nitrogen and oxygen atoms in total. The number of hydrogen-bond donors (Lipinski definition) is 1. The average Bonchev–Trinajstić information content (AvgIpc) is 2.49. The third-order valence-electron chi connectivity index (χ3n) is 4.24. The number of ether oxygens (including phenoxy) is 1. The van der Waals surface area contributed by atoms with Crippen molar-refractivity contribution >= 4 is 5.91 Å². The van der Waals surface area contributed by atoms with Gasteiger partial charge in [0.25, 0.3) is 0 Å². The monoisotopic (exact) mass is 283 g/mol. The predicted molar refractivity (Wildman–Crippen MR) is 79.8 cm³/mol. The third kappa shape index (κ3) is 5.38. The van der Waals surface area contributed by atoms with E-state index in [1.807, 2.05) is 4.90 Å². The van der Waals surface area contributed by atoms with Crippen molar-refractivity contribution in [1.82, 2.24) is 15.1 Å². The Kier molecular flexibility index (Phi) is 6.76. The molecule has 2 aliphatic rings. The van der Waals surface area contributed by atoms with Crippen molar-refractivity contribution < 1.29 is 9.53 Å². The van der Waals surface area contributed by atoms with Crippen molar-refractivity contribution in [1.29, 1.82) is 0 Å². The molecule has 0 aromatic heterocycles. The van der Waals surface area contributed by atoms with Crippen LogP contribution in [-0.4, -0.2) is 74.7 Å². The maximum atomic E-state index is 12.0. The van der Waals surface area contributed by atoms with E-state index in [1.54, 1.807) is 0 Å². The lowest BCUT2D eigenvalue weighted by molar-refractivity contribution is -0.135. The zero-order valence-electron chi connectivity index (χ0n) is 12.8. The van der Waals surface area contributed by atoms with Crippen LogP contribution in [0, 0.1) is 0 Å². The standard InChI is InChI=1S/C15H29N3O2/c1-17(13-14-5-2-3-7-16-14)8-4-6-15(19)18-9-11-20-12-10-18/h14,16H,2-13H2,1H3. The Morgan fingerprint density at radius 3 is 2.85 bits per heavy atom. The summed E-state index contributed by atoms with van der Waals surface area (Å²) in [6.45, 7) is 6.19. The second-order valence-corrected chi connectivity index (χ2v) is 6.01. The Bertz CT molecular complexity index is 287. The minimum Gasteiger partial charge on any atom is -0.378 e. The van der Waals surface area contributed by atoms with E-state index >= 15 is 0 Å². The molecule has 2 rings (SSSR count). The molecule has 0 bridgehead atoms. The second-order valence-electron chi connectivity index (χ2n) is 6.01. The summed E-state index contributed by atoms with van der Waals surface area (Å²) in [5.41, 5.74) is 0. The van der Waals surface area contributed by atoms with Gasteiger partial charge in [0.1, 0.15) is 0 Å². The second kappa shape index (κ2) is 8.60. The normalized spacial score (nSPS) is 24.1. The van der Waals surface area contributed by atoms with Crippen molar-refractivity contribution in [2.75, 3.05) is 53.0 Å². The SMILES string of the molecule is CN(CCCC(=O)N1CCOCC1)CC1CCCCN1. The molecule has 2 heterocycles. The van der Waals surface area contributed by atoms with E-state index < -0.39 is 0 Å². The Hall–Kier alpha value is -0.650. The molecule has 1 unspecified atom stereocenters. The van der Waals surface area contributed by atoms with Crippen molar-refractivity contribution in [3.05, 3.63) is 0 Å². The van der Waals surface area contributed by atoms with Crippen LogP contribution in [0.4, 0.5) is 0 Å². The van der Waals surface area contributed by atoms with Crippen molar-refractivity contribution in [2.45, 2.75) is 38.1 Å². The molecule has 116 valence electrons. The minimum absolute atomic E-state index is 0.289. The third-order valence-corrected chi connectivity index (χ3v) is 4.24. The molecule has 0 aromatic rings. The van der Waals surface area contributed by atoms with Crippen molar-refractivity contribution in [3.8, 4) is 0 Å². The van der Waals surface area contributed by atoms with Gasteiger partial charge in [0, 0.05) is 32.1 Å². The predicted octanol–water partition coefficient (Wildman–Crippen LogP) is 0.699. The quantitative estimate of drug-likeness (QED) is 0.779. The van der Waals surface area contributed by atoms with Gasteiger partial charge in [-0.15, -0.1) is 0 Å². The summed E-state index contributed by atoms with van der Waals surface area (Å²) in [6, 6.07) is 0.642. The minimum atomic E-state index is 0.289. The van der Waals surface area contributed by atoms with Crippen LogP contribution in [0.5, 0.6) is 0 Å². The average molecular weight is 283 g/mol. The molecule has 0 spiro atoms. The van der Waals surface area contributed by atoms with Gasteiger partial charge in [-0.3, -0.25) is 4.79 Å². The maximum absolute atomic E-state index is 12.0. The zero-order chi connectivity index (χ0) is 14.2. The topological polar surface area (TPSA) is 44.8 Å². The molecule has 2 aliphatic heterocycles. The molecular formula is C15H29N3O2. The van der Waals surface area contributed by atoms with Crippen molar-refractivity contribution in [2.24, 2.45) is 0 Å². The number of carbonyl (C=O) groups excluding carboxylic acids is 1. The van der Waals surface area contributed by atoms with Crippen LogP contribution in [0.3, 0.4) is 0 Å². The number of piperidine rings is 1. The number of likely N-dealkylation sites (N-methyl/N-ethyl adjacent to an activating group) is 1. The molecule has 1 atom stereocenters. The van der Waals surface area contributed by atoms with E-state index in [2.05, 4.69) is 17.3 Å². The lowest BCUT2D eigenvalue weighted by Crippen LogP contribution is -2.43. The van der Waals surface area contributed by atoms with Crippen LogP contribution < -0.4 is 5.32 Å². The summed E-state index contributed by atoms with van der Waals surface area (Å²) >= 11 is 0. The van der Waals surface area contributed by atoms with E-state index in [-0.39, 0.29) is 5.91 Å². The van der Waals surface area contributed by atoms with E-state index in [4.69, 9.17) is 4.74 Å². The Balaban J connectivity index is 1.56. The largest absolute Gasteiger partial charge is 0.378 e. The first kappa shape index (κ1) is 15.7. The molecule has 0 radical (unpaired) electrons. The molecule has 1 amide bonds. The summed E-state index contributed by atoms with van der Waals surface area (Å²) in [6.07, 6.45) is 5.58. The molecular weight excluding hydrogens is 254 g/mol. The highest BCUT2D eigenvalue weighted by Crippen LogP contribution is 2.08. The highest BCUT2D eigenvalue weighted by molar-refractivity contribution is 5.76. The molecule has 0 saturated carbocycles. The summed E-state index contributed by atoms with van der Waals surface area (Å²) in [4.78, 5) is 16.3. The van der Waals surface area contributed by atoms with Crippen molar-refractivity contribution in [3.63, 3.8) is 0 Å². The molecule has 1 N–H and O–H groups in total. The number of rotatable bonds is 6. The molecule has 2 fully saturated rings. The zero-order valence-corrected chi connectivity index (χ0v) is 12.8. The van der Waals surface area contributed by atoms with E-state index in [0.717, 1.165) is 39.1 Å². The Morgan fingerprint density at radius 2 is 2.15 bits per heavy atom. The number of amides is 1. The fraction of sp³-hybridized carbons (Fsp3) is 0.933. The van der Waals surface area contributed by atoms with Crippen LogP contribution in [0.15, 0.2) is 0 Å². The van der Waals surface area contributed by atoms with E-state index in [1.165, 1.54) is 19.3 Å². The van der Waals surface area contributed by atoms with Gasteiger partial charge < -0.3 is 19.9 Å². The summed E-state index contributed by atoms with van der Waals surface area (Å²) in [7, 11) is 2.16. The fourth-order valence-electron chi connectivity index (χ4n) is 3.02.